The molecular formula is C25H20N4O6. The monoisotopic (exact) mass is 472 g/mol. The SMILES string of the molecule is CCC1C(=O)N(c2ccc(OC#N)cc2)C(=O)C1C1C(=O)N(c2ccc(OC#N)cc2)C(=O)C1C. The molecule has 10 heteroatoms. The highest BCUT2D eigenvalue weighted by Crippen LogP contribution is 2.44. The minimum atomic E-state index is -1.01. The summed E-state index contributed by atoms with van der Waals surface area (Å²) in [6.45, 7) is 3.34. The number of imide groups is 2. The molecular weight excluding hydrogens is 452 g/mol. The molecule has 2 aliphatic heterocycles. The molecule has 4 amide bonds. The Morgan fingerprint density at radius 2 is 1.14 bits per heavy atom. The second-order valence-electron chi connectivity index (χ2n) is 8.25. The molecule has 176 valence electrons. The zero-order valence-corrected chi connectivity index (χ0v) is 18.9. The number of anilines is 2. The molecule has 0 radical (unpaired) electrons. The maximum Gasteiger partial charge on any atom is 0.292 e. The summed E-state index contributed by atoms with van der Waals surface area (Å²) in [5.74, 6) is -5.11. The van der Waals surface area contributed by atoms with E-state index in [2.05, 4.69) is 0 Å². The van der Waals surface area contributed by atoms with Crippen LogP contribution in [-0.4, -0.2) is 23.6 Å². The predicted octanol–water partition coefficient (Wildman–Crippen LogP) is 2.75. The third kappa shape index (κ3) is 3.85. The number of benzene rings is 2. The van der Waals surface area contributed by atoms with Crippen LogP contribution in [0.5, 0.6) is 11.5 Å². The van der Waals surface area contributed by atoms with Crippen molar-refractivity contribution < 1.29 is 28.7 Å². The molecule has 2 saturated heterocycles. The van der Waals surface area contributed by atoms with E-state index >= 15 is 0 Å². The normalized spacial score (nSPS) is 23.9. The van der Waals surface area contributed by atoms with Crippen molar-refractivity contribution in [1.29, 1.82) is 10.5 Å². The van der Waals surface area contributed by atoms with E-state index in [-0.39, 0.29) is 17.2 Å². The lowest BCUT2D eigenvalue weighted by Gasteiger charge is -2.22. The van der Waals surface area contributed by atoms with Gasteiger partial charge in [-0.3, -0.25) is 29.0 Å². The molecule has 2 heterocycles. The van der Waals surface area contributed by atoms with Gasteiger partial charge in [-0.25, -0.2) is 0 Å². The summed E-state index contributed by atoms with van der Waals surface area (Å²) in [7, 11) is 0. The Morgan fingerprint density at radius 3 is 1.57 bits per heavy atom. The first-order valence-corrected chi connectivity index (χ1v) is 10.9. The van der Waals surface area contributed by atoms with Crippen molar-refractivity contribution in [3.05, 3.63) is 48.5 Å². The van der Waals surface area contributed by atoms with Crippen LogP contribution in [0.4, 0.5) is 11.4 Å². The Morgan fingerprint density at radius 1 is 0.714 bits per heavy atom. The number of carbonyl (C=O) groups is 4. The third-order valence-corrected chi connectivity index (χ3v) is 6.47. The summed E-state index contributed by atoms with van der Waals surface area (Å²) in [4.78, 5) is 55.4. The van der Waals surface area contributed by atoms with Crippen LogP contribution in [0.15, 0.2) is 48.5 Å². The number of nitrogens with zero attached hydrogens (tertiary/aromatic N) is 4. The van der Waals surface area contributed by atoms with Crippen molar-refractivity contribution in [3.8, 4) is 24.0 Å². The minimum Gasteiger partial charge on any atom is -0.388 e. The molecule has 4 rings (SSSR count). The van der Waals surface area contributed by atoms with Gasteiger partial charge in [0.2, 0.25) is 23.6 Å². The zero-order chi connectivity index (χ0) is 25.3. The van der Waals surface area contributed by atoms with Crippen LogP contribution >= 0.6 is 0 Å². The molecule has 2 aromatic carbocycles. The van der Waals surface area contributed by atoms with Crippen molar-refractivity contribution in [2.45, 2.75) is 20.3 Å². The van der Waals surface area contributed by atoms with Crippen LogP contribution in [0.1, 0.15) is 20.3 Å². The fourth-order valence-electron chi connectivity index (χ4n) is 4.82. The Balaban J connectivity index is 1.66. The lowest BCUT2D eigenvalue weighted by molar-refractivity contribution is -0.131. The highest BCUT2D eigenvalue weighted by Gasteiger charge is 2.59. The van der Waals surface area contributed by atoms with Gasteiger partial charge in [-0.1, -0.05) is 13.8 Å². The van der Waals surface area contributed by atoms with Gasteiger partial charge in [-0.15, -0.1) is 10.5 Å². The zero-order valence-electron chi connectivity index (χ0n) is 18.9. The van der Waals surface area contributed by atoms with Gasteiger partial charge >= 0.3 is 0 Å². The van der Waals surface area contributed by atoms with Crippen molar-refractivity contribution in [1.82, 2.24) is 0 Å². The van der Waals surface area contributed by atoms with E-state index in [1.54, 1.807) is 26.4 Å². The number of hydrogen-bond acceptors (Lipinski definition) is 8. The fraction of sp³-hybridized carbons (Fsp3) is 0.280. The summed E-state index contributed by atoms with van der Waals surface area (Å²) in [6, 6.07) is 11.8. The number of amides is 4. The second kappa shape index (κ2) is 9.27. The minimum absolute atomic E-state index is 0.254. The van der Waals surface area contributed by atoms with Gasteiger partial charge in [0.05, 0.1) is 29.1 Å². The Bertz CT molecular complexity index is 1280. The highest BCUT2D eigenvalue weighted by atomic mass is 16.5. The van der Waals surface area contributed by atoms with E-state index in [1.807, 2.05) is 0 Å². The first-order chi connectivity index (χ1) is 16.8. The number of hydrogen-bond donors (Lipinski definition) is 0. The number of rotatable bonds is 6. The van der Waals surface area contributed by atoms with Crippen molar-refractivity contribution in [2.24, 2.45) is 23.7 Å². The van der Waals surface area contributed by atoms with Crippen LogP contribution < -0.4 is 19.3 Å². The molecule has 2 aromatic rings. The topological polar surface area (TPSA) is 141 Å². The van der Waals surface area contributed by atoms with Gasteiger partial charge in [-0.2, -0.15) is 0 Å². The average Bonchev–Trinajstić information content (AvgIpc) is 3.22. The third-order valence-electron chi connectivity index (χ3n) is 6.47. The van der Waals surface area contributed by atoms with Crippen LogP contribution in [0.25, 0.3) is 0 Å². The predicted molar refractivity (Wildman–Crippen MR) is 120 cm³/mol. The van der Waals surface area contributed by atoms with Crippen molar-refractivity contribution >= 4 is 35.0 Å². The van der Waals surface area contributed by atoms with Gasteiger partial charge in [0.1, 0.15) is 11.5 Å². The largest absolute Gasteiger partial charge is 0.388 e. The van der Waals surface area contributed by atoms with Crippen molar-refractivity contribution in [3.63, 3.8) is 0 Å². The first kappa shape index (κ1) is 23.5. The molecule has 0 spiro atoms. The molecule has 0 aromatic heterocycles. The number of carbonyl (C=O) groups excluding carboxylic acids is 4. The Hall–Kier alpha value is -4.70. The molecule has 0 aliphatic carbocycles. The van der Waals surface area contributed by atoms with E-state index in [0.29, 0.717) is 12.1 Å². The van der Waals surface area contributed by atoms with E-state index < -0.39 is 47.3 Å². The highest BCUT2D eigenvalue weighted by molar-refractivity contribution is 6.27. The quantitative estimate of drug-likeness (QED) is 0.462. The molecule has 4 atom stereocenters. The molecule has 0 N–H and O–H groups in total. The molecule has 2 aliphatic rings. The van der Waals surface area contributed by atoms with Crippen molar-refractivity contribution in [2.75, 3.05) is 9.80 Å². The van der Waals surface area contributed by atoms with Gasteiger partial charge in [0.25, 0.3) is 12.5 Å². The van der Waals surface area contributed by atoms with E-state index in [9.17, 15) is 19.2 Å². The summed E-state index contributed by atoms with van der Waals surface area (Å²) < 4.78 is 9.48. The summed E-state index contributed by atoms with van der Waals surface area (Å²) in [5, 5.41) is 17.3. The van der Waals surface area contributed by atoms with Crippen LogP contribution in [0, 0.1) is 46.7 Å². The van der Waals surface area contributed by atoms with E-state index in [0.717, 1.165) is 9.80 Å². The molecule has 0 bridgehead atoms. The molecule has 4 unspecified atom stereocenters. The second-order valence-corrected chi connectivity index (χ2v) is 8.25. The lowest BCUT2D eigenvalue weighted by Crippen LogP contribution is -2.37. The Kier molecular flexibility index (Phi) is 6.22. The van der Waals surface area contributed by atoms with Gasteiger partial charge < -0.3 is 9.47 Å². The number of ether oxygens (including phenoxy) is 2. The van der Waals surface area contributed by atoms with Crippen LogP contribution in [0.3, 0.4) is 0 Å². The number of nitriles is 2. The first-order valence-electron chi connectivity index (χ1n) is 10.9. The van der Waals surface area contributed by atoms with Gasteiger partial charge in [-0.05, 0) is 55.0 Å². The summed E-state index contributed by atoms with van der Waals surface area (Å²) in [6.07, 6.45) is 3.41. The average molecular weight is 472 g/mol. The van der Waals surface area contributed by atoms with Gasteiger partial charge in [0, 0.05) is 5.92 Å². The molecule has 2 fully saturated rings. The summed E-state index contributed by atoms with van der Waals surface area (Å²) >= 11 is 0. The lowest BCUT2D eigenvalue weighted by atomic mass is 9.77. The fourth-order valence-corrected chi connectivity index (χ4v) is 4.82. The maximum atomic E-state index is 13.5. The molecule has 35 heavy (non-hydrogen) atoms. The van der Waals surface area contributed by atoms with Gasteiger partial charge in [0.15, 0.2) is 0 Å². The molecule has 0 saturated carbocycles. The van der Waals surface area contributed by atoms with E-state index in [1.165, 1.54) is 48.5 Å². The maximum absolute atomic E-state index is 13.5. The Labute approximate surface area is 200 Å². The molecule has 10 nitrogen and oxygen atoms in total. The van der Waals surface area contributed by atoms with Crippen LogP contribution in [-0.2, 0) is 19.2 Å². The summed E-state index contributed by atoms with van der Waals surface area (Å²) in [5.41, 5.74) is 0.579. The van der Waals surface area contributed by atoms with Crippen LogP contribution in [0.2, 0.25) is 0 Å². The standard InChI is InChI=1S/C25H20N4O6/c1-3-19-21(25(33)29(23(19)31)16-6-10-18(11-7-16)35-13-27)20-14(2)22(30)28(24(20)32)15-4-8-17(9-5-15)34-12-26/h4-11,14,19-21H,3H2,1-2H3. The van der Waals surface area contributed by atoms with E-state index in [4.69, 9.17) is 20.0 Å². The smallest absolute Gasteiger partial charge is 0.292 e.